The molecule has 0 saturated carbocycles. The van der Waals surface area contributed by atoms with Gasteiger partial charge in [-0.25, -0.2) is 4.98 Å². The largest absolute Gasteiger partial charge is 0.497 e. The number of benzene rings is 2. The number of fused-ring (bicyclic) bond motifs is 1. The molecule has 0 radical (unpaired) electrons. The molecule has 1 aliphatic heterocycles. The molecule has 0 unspecified atom stereocenters. The van der Waals surface area contributed by atoms with Gasteiger partial charge in [0, 0.05) is 11.8 Å². The van der Waals surface area contributed by atoms with Gasteiger partial charge >= 0.3 is 0 Å². The van der Waals surface area contributed by atoms with Gasteiger partial charge in [0.2, 0.25) is 5.13 Å². The molecule has 0 bridgehead atoms. The van der Waals surface area contributed by atoms with Crippen LogP contribution in [0.3, 0.4) is 0 Å². The Balaban J connectivity index is 1.81. The Labute approximate surface area is 147 Å². The van der Waals surface area contributed by atoms with E-state index >= 15 is 0 Å². The highest BCUT2D eigenvalue weighted by Gasteiger charge is 2.33. The van der Waals surface area contributed by atoms with Crippen molar-refractivity contribution in [2.24, 2.45) is 10.8 Å². The summed E-state index contributed by atoms with van der Waals surface area (Å²) in [4.78, 5) is 17.2. The lowest BCUT2D eigenvalue weighted by atomic mass is 10.0. The lowest BCUT2D eigenvalue weighted by molar-refractivity contribution is -0.114. The number of para-hydroxylation sites is 1. The van der Waals surface area contributed by atoms with Crippen LogP contribution in [0.4, 0.5) is 5.13 Å². The molecule has 2 N–H and O–H groups in total. The molecule has 0 aliphatic carbocycles. The number of nitrogens with zero attached hydrogens (tertiary/aromatic N) is 3. The summed E-state index contributed by atoms with van der Waals surface area (Å²) in [6.45, 7) is 0. The maximum Gasteiger partial charge on any atom is 0.284 e. The number of ether oxygens (including phenoxy) is 1. The molecule has 2 heterocycles. The number of aromatic nitrogens is 1. The van der Waals surface area contributed by atoms with Crippen LogP contribution in [0.15, 0.2) is 65.4 Å². The second-order valence-electron chi connectivity index (χ2n) is 5.34. The van der Waals surface area contributed by atoms with Gasteiger partial charge in [0.1, 0.15) is 11.5 Å². The standard InChI is InChI=1S/C18H14N4O2S/c1-24-12-6-4-5-11(9-12)16-13(10-19)17(23)22(21-16)18-20-14-7-2-3-8-15(14)25-18/h2-10H,19H2,1H3/b13-10+. The number of hydrogen-bond acceptors (Lipinski definition) is 6. The lowest BCUT2D eigenvalue weighted by Gasteiger charge is -2.05. The summed E-state index contributed by atoms with van der Waals surface area (Å²) >= 11 is 1.41. The van der Waals surface area contributed by atoms with E-state index in [1.54, 1.807) is 7.11 Å². The second-order valence-corrected chi connectivity index (χ2v) is 6.35. The molecule has 25 heavy (non-hydrogen) atoms. The quantitative estimate of drug-likeness (QED) is 0.737. The van der Waals surface area contributed by atoms with Gasteiger partial charge in [0.15, 0.2) is 0 Å². The van der Waals surface area contributed by atoms with Crippen LogP contribution in [-0.4, -0.2) is 23.7 Å². The summed E-state index contributed by atoms with van der Waals surface area (Å²) in [6, 6.07) is 15.1. The van der Waals surface area contributed by atoms with Gasteiger partial charge in [-0.2, -0.15) is 10.1 Å². The summed E-state index contributed by atoms with van der Waals surface area (Å²) in [6.07, 6.45) is 1.29. The topological polar surface area (TPSA) is 80.8 Å². The number of amides is 1. The Morgan fingerprint density at radius 2 is 2.04 bits per heavy atom. The van der Waals surface area contributed by atoms with E-state index < -0.39 is 0 Å². The SMILES string of the molecule is COc1cccc(C2=NN(c3nc4ccccc4s3)C(=O)/C2=C/N)c1. The minimum Gasteiger partial charge on any atom is -0.497 e. The molecule has 6 nitrogen and oxygen atoms in total. The van der Waals surface area contributed by atoms with Crippen molar-refractivity contribution >= 4 is 38.3 Å². The van der Waals surface area contributed by atoms with E-state index in [2.05, 4.69) is 10.1 Å². The zero-order valence-corrected chi connectivity index (χ0v) is 14.2. The van der Waals surface area contributed by atoms with Crippen molar-refractivity contribution in [3.63, 3.8) is 0 Å². The molecule has 4 rings (SSSR count). The summed E-state index contributed by atoms with van der Waals surface area (Å²) < 4.78 is 6.24. The third-order valence-corrected chi connectivity index (χ3v) is 4.86. The van der Waals surface area contributed by atoms with E-state index in [1.165, 1.54) is 22.5 Å². The zero-order valence-electron chi connectivity index (χ0n) is 13.3. The van der Waals surface area contributed by atoms with Crippen LogP contribution in [0.1, 0.15) is 5.56 Å². The van der Waals surface area contributed by atoms with Crippen LogP contribution in [0.25, 0.3) is 10.2 Å². The maximum absolute atomic E-state index is 12.8. The average molecular weight is 350 g/mol. The molecule has 1 amide bonds. The number of methoxy groups -OCH3 is 1. The second kappa shape index (κ2) is 6.03. The molecule has 124 valence electrons. The first-order chi connectivity index (χ1) is 12.2. The van der Waals surface area contributed by atoms with Crippen LogP contribution in [-0.2, 0) is 4.79 Å². The number of thiazole rings is 1. The van der Waals surface area contributed by atoms with Gasteiger partial charge < -0.3 is 10.5 Å². The molecule has 2 aromatic carbocycles. The Morgan fingerprint density at radius 1 is 1.20 bits per heavy atom. The van der Waals surface area contributed by atoms with Crippen LogP contribution in [0.5, 0.6) is 5.75 Å². The van der Waals surface area contributed by atoms with Gasteiger partial charge in [0.05, 0.1) is 22.9 Å². The Kier molecular flexibility index (Phi) is 3.70. The van der Waals surface area contributed by atoms with E-state index in [9.17, 15) is 4.79 Å². The first-order valence-corrected chi connectivity index (χ1v) is 8.38. The minimum absolute atomic E-state index is 0.292. The number of hydrazone groups is 1. The minimum atomic E-state index is -0.292. The van der Waals surface area contributed by atoms with E-state index in [1.807, 2.05) is 48.5 Å². The number of anilines is 1. The number of rotatable bonds is 3. The Hall–Kier alpha value is -3.19. The number of nitrogens with two attached hydrogens (primary N) is 1. The Morgan fingerprint density at radius 3 is 2.80 bits per heavy atom. The van der Waals surface area contributed by atoms with Gasteiger partial charge in [0.25, 0.3) is 5.91 Å². The predicted octanol–water partition coefficient (Wildman–Crippen LogP) is 2.90. The summed E-state index contributed by atoms with van der Waals surface area (Å²) in [7, 11) is 1.59. The third-order valence-electron chi connectivity index (χ3n) is 3.85. The summed E-state index contributed by atoms with van der Waals surface area (Å²) in [5.74, 6) is 0.391. The van der Waals surface area contributed by atoms with Gasteiger partial charge in [-0.1, -0.05) is 35.6 Å². The molecule has 0 saturated heterocycles. The number of carbonyl (C=O) groups is 1. The Bertz CT molecular complexity index is 1010. The zero-order chi connectivity index (χ0) is 17.4. The first-order valence-electron chi connectivity index (χ1n) is 7.56. The van der Waals surface area contributed by atoms with Crippen molar-refractivity contribution in [3.05, 3.63) is 65.9 Å². The highest BCUT2D eigenvalue weighted by Crippen LogP contribution is 2.33. The lowest BCUT2D eigenvalue weighted by Crippen LogP contribution is -2.21. The van der Waals surface area contributed by atoms with Gasteiger partial charge in [-0.3, -0.25) is 4.79 Å². The van der Waals surface area contributed by atoms with Crippen molar-refractivity contribution in [2.45, 2.75) is 0 Å². The van der Waals surface area contributed by atoms with Crippen molar-refractivity contribution in [3.8, 4) is 5.75 Å². The van der Waals surface area contributed by atoms with Crippen molar-refractivity contribution in [1.82, 2.24) is 4.98 Å². The van der Waals surface area contributed by atoms with Crippen LogP contribution >= 0.6 is 11.3 Å². The summed E-state index contributed by atoms with van der Waals surface area (Å²) in [5.41, 5.74) is 8.13. The van der Waals surface area contributed by atoms with Crippen molar-refractivity contribution in [2.75, 3.05) is 12.1 Å². The normalized spacial score (nSPS) is 15.9. The van der Waals surface area contributed by atoms with E-state index in [-0.39, 0.29) is 5.91 Å². The van der Waals surface area contributed by atoms with Crippen LogP contribution in [0.2, 0.25) is 0 Å². The fourth-order valence-corrected chi connectivity index (χ4v) is 3.54. The van der Waals surface area contributed by atoms with E-state index in [0.29, 0.717) is 22.2 Å². The van der Waals surface area contributed by atoms with Crippen LogP contribution < -0.4 is 15.5 Å². The molecule has 0 fully saturated rings. The van der Waals surface area contributed by atoms with Crippen molar-refractivity contribution < 1.29 is 9.53 Å². The van der Waals surface area contributed by atoms with Gasteiger partial charge in [-0.15, -0.1) is 0 Å². The molecule has 1 aliphatic rings. The van der Waals surface area contributed by atoms with Crippen molar-refractivity contribution in [1.29, 1.82) is 0 Å². The predicted molar refractivity (Wildman–Crippen MR) is 98.9 cm³/mol. The number of carbonyl (C=O) groups excluding carboxylic acids is 1. The molecule has 1 aromatic heterocycles. The molecular formula is C18H14N4O2S. The monoisotopic (exact) mass is 350 g/mol. The average Bonchev–Trinajstić information content (AvgIpc) is 3.22. The molecule has 0 spiro atoms. The molecular weight excluding hydrogens is 336 g/mol. The van der Waals surface area contributed by atoms with Crippen LogP contribution in [0, 0.1) is 0 Å². The first kappa shape index (κ1) is 15.3. The fraction of sp³-hybridized carbons (Fsp3) is 0.0556. The summed E-state index contributed by atoms with van der Waals surface area (Å²) in [5, 5.41) is 6.30. The highest BCUT2D eigenvalue weighted by molar-refractivity contribution is 7.22. The maximum atomic E-state index is 12.8. The molecule has 7 heteroatoms. The van der Waals surface area contributed by atoms with Gasteiger partial charge in [-0.05, 0) is 24.3 Å². The smallest absolute Gasteiger partial charge is 0.284 e. The molecule has 3 aromatic rings. The van der Waals surface area contributed by atoms with E-state index in [4.69, 9.17) is 10.5 Å². The molecule has 0 atom stereocenters. The van der Waals surface area contributed by atoms with E-state index in [0.717, 1.165) is 15.8 Å². The fourth-order valence-electron chi connectivity index (χ4n) is 2.63. The number of hydrogen-bond donors (Lipinski definition) is 1. The third kappa shape index (κ3) is 2.54. The highest BCUT2D eigenvalue weighted by atomic mass is 32.1.